The number of nitrogens with zero attached hydrogens (tertiary/aromatic N) is 2. The van der Waals surface area contributed by atoms with Crippen molar-refractivity contribution in [3.63, 3.8) is 0 Å². The lowest BCUT2D eigenvalue weighted by atomic mass is 10.1. The summed E-state index contributed by atoms with van der Waals surface area (Å²) in [4.78, 5) is 32.9. The fourth-order valence-corrected chi connectivity index (χ4v) is 3.44. The van der Waals surface area contributed by atoms with Crippen molar-refractivity contribution in [1.29, 1.82) is 0 Å². The van der Waals surface area contributed by atoms with Crippen LogP contribution in [0.1, 0.15) is 42.6 Å². The standard InChI is InChI=1S/C27H26FN3O4/c1-27(2,3)35-26(33)23-24(34-17-18-7-5-4-6-8-18)25(32)30-22(29-23)16-31-14-13-20(15-31)19-9-11-21(28)12-10-19/h4-15H,16-17H2,1-3H3,(H,29,30,32). The Bertz CT molecular complexity index is 1370. The van der Waals surface area contributed by atoms with Crippen LogP contribution in [0, 0.1) is 5.82 Å². The van der Waals surface area contributed by atoms with Crippen LogP contribution in [0.2, 0.25) is 0 Å². The van der Waals surface area contributed by atoms with Crippen molar-refractivity contribution in [2.75, 3.05) is 0 Å². The van der Waals surface area contributed by atoms with E-state index in [-0.39, 0.29) is 36.2 Å². The Morgan fingerprint density at radius 1 is 1.03 bits per heavy atom. The maximum atomic E-state index is 13.2. The van der Waals surface area contributed by atoms with Gasteiger partial charge in [-0.15, -0.1) is 0 Å². The number of rotatable bonds is 7. The predicted molar refractivity (Wildman–Crippen MR) is 130 cm³/mol. The third-order valence-corrected chi connectivity index (χ3v) is 5.00. The molecule has 0 radical (unpaired) electrons. The fourth-order valence-electron chi connectivity index (χ4n) is 3.44. The molecule has 0 fully saturated rings. The van der Waals surface area contributed by atoms with Crippen LogP contribution < -0.4 is 10.3 Å². The third kappa shape index (κ3) is 6.23. The summed E-state index contributed by atoms with van der Waals surface area (Å²) in [6.07, 6.45) is 3.66. The van der Waals surface area contributed by atoms with Gasteiger partial charge in [-0.1, -0.05) is 42.5 Å². The van der Waals surface area contributed by atoms with Crippen LogP contribution >= 0.6 is 0 Å². The highest BCUT2D eigenvalue weighted by atomic mass is 19.1. The fraction of sp³-hybridized carbons (Fsp3) is 0.222. The SMILES string of the molecule is CC(C)(C)OC(=O)c1nc(Cn2ccc(-c3ccc(F)cc3)c2)[nH]c(=O)c1OCc1ccccc1. The molecule has 0 amide bonds. The van der Waals surface area contributed by atoms with Crippen molar-refractivity contribution in [3.8, 4) is 16.9 Å². The average Bonchev–Trinajstić information content (AvgIpc) is 3.26. The predicted octanol–water partition coefficient (Wildman–Crippen LogP) is 4.96. The van der Waals surface area contributed by atoms with Gasteiger partial charge in [0.25, 0.3) is 5.56 Å². The number of hydrogen-bond donors (Lipinski definition) is 1. The van der Waals surface area contributed by atoms with E-state index in [0.29, 0.717) is 0 Å². The van der Waals surface area contributed by atoms with E-state index < -0.39 is 17.1 Å². The van der Waals surface area contributed by atoms with E-state index in [4.69, 9.17) is 9.47 Å². The zero-order chi connectivity index (χ0) is 25.0. The number of halogens is 1. The molecule has 7 nitrogen and oxygen atoms in total. The number of H-pyrrole nitrogens is 1. The normalized spacial score (nSPS) is 11.3. The quantitative estimate of drug-likeness (QED) is 0.382. The number of nitrogens with one attached hydrogen (secondary N) is 1. The maximum Gasteiger partial charge on any atom is 0.361 e. The van der Waals surface area contributed by atoms with Crippen molar-refractivity contribution in [2.45, 2.75) is 39.5 Å². The molecule has 0 saturated carbocycles. The van der Waals surface area contributed by atoms with E-state index in [0.717, 1.165) is 16.7 Å². The molecule has 0 aliphatic carbocycles. The molecule has 2 aromatic heterocycles. The number of hydrogen-bond acceptors (Lipinski definition) is 5. The van der Waals surface area contributed by atoms with Gasteiger partial charge in [0.2, 0.25) is 5.75 Å². The van der Waals surface area contributed by atoms with E-state index in [1.54, 1.807) is 37.5 Å². The summed E-state index contributed by atoms with van der Waals surface area (Å²) < 4.78 is 26.2. The molecular formula is C27H26FN3O4. The highest BCUT2D eigenvalue weighted by Crippen LogP contribution is 2.21. The summed E-state index contributed by atoms with van der Waals surface area (Å²) in [6, 6.07) is 17.3. The zero-order valence-electron chi connectivity index (χ0n) is 19.7. The molecule has 0 saturated heterocycles. The first-order valence-electron chi connectivity index (χ1n) is 11.1. The molecule has 1 N–H and O–H groups in total. The molecule has 2 heterocycles. The van der Waals surface area contributed by atoms with Crippen molar-refractivity contribution in [2.24, 2.45) is 0 Å². The van der Waals surface area contributed by atoms with Gasteiger partial charge in [0.05, 0.1) is 6.54 Å². The van der Waals surface area contributed by atoms with E-state index in [1.807, 2.05) is 48.8 Å². The van der Waals surface area contributed by atoms with E-state index >= 15 is 0 Å². The number of carbonyl (C=O) groups is 1. The molecule has 0 atom stereocenters. The van der Waals surface area contributed by atoms with E-state index in [9.17, 15) is 14.0 Å². The highest BCUT2D eigenvalue weighted by molar-refractivity contribution is 5.90. The molecule has 4 rings (SSSR count). The van der Waals surface area contributed by atoms with Crippen LogP contribution in [0.5, 0.6) is 5.75 Å². The molecule has 180 valence electrons. The first-order chi connectivity index (χ1) is 16.7. The number of esters is 1. The summed E-state index contributed by atoms with van der Waals surface area (Å²) >= 11 is 0. The molecule has 35 heavy (non-hydrogen) atoms. The van der Waals surface area contributed by atoms with Gasteiger partial charge < -0.3 is 19.0 Å². The van der Waals surface area contributed by atoms with Crippen molar-refractivity contribution in [3.05, 3.63) is 106 Å². The van der Waals surface area contributed by atoms with Crippen LogP contribution in [0.15, 0.2) is 77.9 Å². The summed E-state index contributed by atoms with van der Waals surface area (Å²) in [6.45, 7) is 5.51. The molecule has 8 heteroatoms. The Balaban J connectivity index is 1.62. The largest absolute Gasteiger partial charge is 0.481 e. The second-order valence-corrected chi connectivity index (χ2v) is 9.05. The van der Waals surface area contributed by atoms with Crippen LogP contribution in [0.4, 0.5) is 4.39 Å². The summed E-state index contributed by atoms with van der Waals surface area (Å²) in [7, 11) is 0. The van der Waals surface area contributed by atoms with E-state index in [1.165, 1.54) is 12.1 Å². The maximum absolute atomic E-state index is 13.2. The van der Waals surface area contributed by atoms with Crippen LogP contribution in [-0.4, -0.2) is 26.1 Å². The lowest BCUT2D eigenvalue weighted by Crippen LogP contribution is -2.28. The molecular weight excluding hydrogens is 449 g/mol. The Labute approximate surface area is 202 Å². The monoisotopic (exact) mass is 475 g/mol. The lowest BCUT2D eigenvalue weighted by molar-refractivity contribution is 0.00572. The molecule has 0 aliphatic heterocycles. The Kier molecular flexibility index (Phi) is 6.82. The summed E-state index contributed by atoms with van der Waals surface area (Å²) in [5.41, 5.74) is 1.04. The minimum absolute atomic E-state index is 0.0966. The number of ether oxygens (including phenoxy) is 2. The Hall–Kier alpha value is -4.20. The topological polar surface area (TPSA) is 86.2 Å². The van der Waals surface area contributed by atoms with Crippen LogP contribution in [0.3, 0.4) is 0 Å². The van der Waals surface area contributed by atoms with Crippen molar-refractivity contribution in [1.82, 2.24) is 14.5 Å². The van der Waals surface area contributed by atoms with Crippen LogP contribution in [0.25, 0.3) is 11.1 Å². The highest BCUT2D eigenvalue weighted by Gasteiger charge is 2.26. The molecule has 0 spiro atoms. The summed E-state index contributed by atoms with van der Waals surface area (Å²) in [5.74, 6) is -0.970. The molecule has 2 aromatic carbocycles. The Morgan fingerprint density at radius 3 is 2.43 bits per heavy atom. The second-order valence-electron chi connectivity index (χ2n) is 9.05. The molecule has 4 aromatic rings. The van der Waals surface area contributed by atoms with Gasteiger partial charge in [0.1, 0.15) is 23.8 Å². The lowest BCUT2D eigenvalue weighted by Gasteiger charge is -2.20. The second kappa shape index (κ2) is 9.97. The van der Waals surface area contributed by atoms with Gasteiger partial charge in [-0.05, 0) is 55.7 Å². The van der Waals surface area contributed by atoms with Gasteiger partial charge in [-0.2, -0.15) is 0 Å². The minimum atomic E-state index is -0.775. The molecule has 0 aliphatic rings. The van der Waals surface area contributed by atoms with Gasteiger partial charge in [-0.25, -0.2) is 14.2 Å². The minimum Gasteiger partial charge on any atom is -0.481 e. The average molecular weight is 476 g/mol. The first-order valence-corrected chi connectivity index (χ1v) is 11.1. The molecule has 0 unspecified atom stereocenters. The number of benzene rings is 2. The van der Waals surface area contributed by atoms with Crippen molar-refractivity contribution >= 4 is 5.97 Å². The number of aromatic amines is 1. The third-order valence-electron chi connectivity index (χ3n) is 5.00. The number of aromatic nitrogens is 3. The summed E-state index contributed by atoms with van der Waals surface area (Å²) in [5, 5.41) is 0. The van der Waals surface area contributed by atoms with Crippen molar-refractivity contribution < 1.29 is 18.7 Å². The van der Waals surface area contributed by atoms with Crippen LogP contribution in [-0.2, 0) is 17.9 Å². The first kappa shape index (κ1) is 23.9. The van der Waals surface area contributed by atoms with Gasteiger partial charge in [0.15, 0.2) is 5.69 Å². The zero-order valence-corrected chi connectivity index (χ0v) is 19.7. The van der Waals surface area contributed by atoms with Gasteiger partial charge >= 0.3 is 5.97 Å². The molecule has 0 bridgehead atoms. The Morgan fingerprint density at radius 2 is 1.74 bits per heavy atom. The number of carbonyl (C=O) groups excluding carboxylic acids is 1. The van der Waals surface area contributed by atoms with E-state index in [2.05, 4.69) is 9.97 Å². The van der Waals surface area contributed by atoms with Gasteiger partial charge in [-0.3, -0.25) is 4.79 Å². The van der Waals surface area contributed by atoms with Gasteiger partial charge in [0, 0.05) is 12.4 Å². The smallest absolute Gasteiger partial charge is 0.361 e.